The summed E-state index contributed by atoms with van der Waals surface area (Å²) in [5.41, 5.74) is 8.19. The Morgan fingerprint density at radius 3 is 2.53 bits per heavy atom. The summed E-state index contributed by atoms with van der Waals surface area (Å²) in [6.07, 6.45) is 7.14. The second-order valence-corrected chi connectivity index (χ2v) is 4.36. The zero-order valence-electron chi connectivity index (χ0n) is 10.7. The molecule has 0 unspecified atom stereocenters. The maximum atomic E-state index is 5.55. The Hall–Kier alpha value is -1.30. The van der Waals surface area contributed by atoms with Crippen LogP contribution in [0.15, 0.2) is 24.3 Å². The second kappa shape index (κ2) is 7.89. The number of hydrogen-bond acceptors (Lipinski definition) is 2. The van der Waals surface area contributed by atoms with E-state index in [2.05, 4.69) is 42.0 Å². The number of nitrogens with two attached hydrogens (primary N) is 1. The molecule has 0 aliphatic carbocycles. The summed E-state index contributed by atoms with van der Waals surface area (Å²) in [5.74, 6) is 2.70. The molecule has 2 N–H and O–H groups in total. The van der Waals surface area contributed by atoms with Gasteiger partial charge in [0.25, 0.3) is 0 Å². The molecule has 0 radical (unpaired) electrons. The molecule has 0 saturated heterocycles. The first kappa shape index (κ1) is 13.8. The van der Waals surface area contributed by atoms with Gasteiger partial charge in [0.1, 0.15) is 0 Å². The third kappa shape index (κ3) is 5.53. The van der Waals surface area contributed by atoms with E-state index >= 15 is 0 Å². The molecule has 0 bridgehead atoms. The molecule has 1 aromatic rings. The second-order valence-electron chi connectivity index (χ2n) is 4.36. The van der Waals surface area contributed by atoms with Gasteiger partial charge in [-0.2, -0.15) is 0 Å². The molecule has 1 aromatic carbocycles. The molecule has 0 aliphatic rings. The highest BCUT2D eigenvalue weighted by Crippen LogP contribution is 2.07. The Labute approximate surface area is 105 Å². The lowest BCUT2D eigenvalue weighted by molar-refractivity contribution is 0.270. The number of aryl methyl sites for hydroxylation is 1. The Balaban J connectivity index is 2.52. The van der Waals surface area contributed by atoms with Crippen LogP contribution < -0.4 is 5.73 Å². The lowest BCUT2D eigenvalue weighted by Crippen LogP contribution is -2.27. The highest BCUT2D eigenvalue weighted by Gasteiger charge is 2.04. The van der Waals surface area contributed by atoms with Crippen molar-refractivity contribution in [2.45, 2.75) is 26.3 Å². The number of benzene rings is 1. The van der Waals surface area contributed by atoms with E-state index in [0.29, 0.717) is 0 Å². The Morgan fingerprint density at radius 2 is 1.94 bits per heavy atom. The van der Waals surface area contributed by atoms with Crippen LogP contribution in [0.4, 0.5) is 0 Å². The zero-order chi connectivity index (χ0) is 12.5. The molecular formula is C15H22N2. The van der Waals surface area contributed by atoms with Crippen molar-refractivity contribution < 1.29 is 0 Å². The van der Waals surface area contributed by atoms with Crippen LogP contribution in [0.2, 0.25) is 0 Å². The Morgan fingerprint density at radius 1 is 1.24 bits per heavy atom. The molecule has 0 fully saturated rings. The van der Waals surface area contributed by atoms with Crippen molar-refractivity contribution in [2.24, 2.45) is 5.73 Å². The summed E-state index contributed by atoms with van der Waals surface area (Å²) in [7, 11) is 0. The molecule has 0 saturated carbocycles. The van der Waals surface area contributed by atoms with Crippen LogP contribution >= 0.6 is 0 Å². The third-order valence-corrected chi connectivity index (χ3v) is 2.78. The first-order valence-electron chi connectivity index (χ1n) is 6.17. The highest BCUT2D eigenvalue weighted by molar-refractivity contribution is 5.21. The molecule has 92 valence electrons. The normalized spacial score (nSPS) is 10.5. The van der Waals surface area contributed by atoms with Gasteiger partial charge in [-0.15, -0.1) is 12.3 Å². The smallest absolute Gasteiger partial charge is 0.0234 e. The molecule has 1 rings (SSSR count). The average molecular weight is 230 g/mol. The minimum atomic E-state index is 0.737. The minimum Gasteiger partial charge on any atom is -0.330 e. The molecule has 0 atom stereocenters. The molecule has 0 aliphatic heterocycles. The zero-order valence-corrected chi connectivity index (χ0v) is 10.7. The molecule has 0 aromatic heterocycles. The average Bonchev–Trinajstić information content (AvgIpc) is 2.35. The van der Waals surface area contributed by atoms with Crippen LogP contribution in [0.25, 0.3) is 0 Å². The van der Waals surface area contributed by atoms with Crippen molar-refractivity contribution in [1.29, 1.82) is 0 Å². The highest BCUT2D eigenvalue weighted by atomic mass is 15.1. The number of terminal acetylenes is 1. The molecule has 2 nitrogen and oxygen atoms in total. The number of hydrogen-bond donors (Lipinski definition) is 1. The summed E-state index contributed by atoms with van der Waals surface area (Å²) >= 11 is 0. The fraction of sp³-hybridized carbons (Fsp3) is 0.467. The van der Waals surface area contributed by atoms with Crippen molar-refractivity contribution >= 4 is 0 Å². The quantitative estimate of drug-likeness (QED) is 0.727. The van der Waals surface area contributed by atoms with E-state index in [9.17, 15) is 0 Å². The van der Waals surface area contributed by atoms with Crippen molar-refractivity contribution in [3.63, 3.8) is 0 Å². The summed E-state index contributed by atoms with van der Waals surface area (Å²) in [4.78, 5) is 2.37. The largest absolute Gasteiger partial charge is 0.330 e. The van der Waals surface area contributed by atoms with E-state index in [4.69, 9.17) is 12.2 Å². The molecular weight excluding hydrogens is 208 g/mol. The predicted octanol–water partition coefficient (Wildman–Crippen LogP) is 2.17. The van der Waals surface area contributed by atoms with Gasteiger partial charge < -0.3 is 5.73 Å². The first-order chi connectivity index (χ1) is 8.26. The Kier molecular flexibility index (Phi) is 6.39. The summed E-state index contributed by atoms with van der Waals surface area (Å²) in [5, 5.41) is 0. The SMILES string of the molecule is C#CCCN(CCCN)Cc1ccc(C)cc1. The molecule has 17 heavy (non-hydrogen) atoms. The lowest BCUT2D eigenvalue weighted by Gasteiger charge is -2.21. The molecule has 2 heteroatoms. The van der Waals surface area contributed by atoms with Crippen molar-refractivity contribution in [3.05, 3.63) is 35.4 Å². The van der Waals surface area contributed by atoms with Gasteiger partial charge in [-0.1, -0.05) is 29.8 Å². The maximum Gasteiger partial charge on any atom is 0.0234 e. The van der Waals surface area contributed by atoms with E-state index in [-0.39, 0.29) is 0 Å². The van der Waals surface area contributed by atoms with Gasteiger partial charge in [-0.3, -0.25) is 4.90 Å². The summed E-state index contributed by atoms with van der Waals surface area (Å²) in [6, 6.07) is 8.66. The van der Waals surface area contributed by atoms with Gasteiger partial charge in [0.05, 0.1) is 0 Å². The van der Waals surface area contributed by atoms with Gasteiger partial charge in [0.2, 0.25) is 0 Å². The molecule has 0 amide bonds. The molecule has 0 heterocycles. The molecule has 0 spiro atoms. The number of rotatable bonds is 7. The monoisotopic (exact) mass is 230 g/mol. The van der Waals surface area contributed by atoms with Gasteiger partial charge in [0.15, 0.2) is 0 Å². The van der Waals surface area contributed by atoms with Crippen LogP contribution in [0.1, 0.15) is 24.0 Å². The van der Waals surface area contributed by atoms with Gasteiger partial charge in [0, 0.05) is 19.5 Å². The van der Waals surface area contributed by atoms with Crippen LogP contribution in [0.5, 0.6) is 0 Å². The van der Waals surface area contributed by atoms with Crippen LogP contribution in [-0.2, 0) is 6.54 Å². The summed E-state index contributed by atoms with van der Waals surface area (Å²) < 4.78 is 0. The Bertz CT molecular complexity index is 348. The van der Waals surface area contributed by atoms with Crippen molar-refractivity contribution in [1.82, 2.24) is 4.90 Å². The van der Waals surface area contributed by atoms with E-state index in [1.54, 1.807) is 0 Å². The fourth-order valence-electron chi connectivity index (χ4n) is 1.76. The lowest BCUT2D eigenvalue weighted by atomic mass is 10.1. The van der Waals surface area contributed by atoms with Crippen LogP contribution in [-0.4, -0.2) is 24.5 Å². The minimum absolute atomic E-state index is 0.737. The van der Waals surface area contributed by atoms with Crippen molar-refractivity contribution in [2.75, 3.05) is 19.6 Å². The third-order valence-electron chi connectivity index (χ3n) is 2.78. The van der Waals surface area contributed by atoms with E-state index < -0.39 is 0 Å². The summed E-state index contributed by atoms with van der Waals surface area (Å²) in [6.45, 7) is 5.77. The van der Waals surface area contributed by atoms with E-state index in [0.717, 1.165) is 39.0 Å². The standard InChI is InChI=1S/C15H22N2/c1-3-4-11-17(12-5-10-16)13-15-8-6-14(2)7-9-15/h1,6-9H,4-5,10-13,16H2,2H3. The van der Waals surface area contributed by atoms with Gasteiger partial charge >= 0.3 is 0 Å². The van der Waals surface area contributed by atoms with Gasteiger partial charge in [-0.25, -0.2) is 0 Å². The first-order valence-corrected chi connectivity index (χ1v) is 6.17. The topological polar surface area (TPSA) is 29.3 Å². The van der Waals surface area contributed by atoms with Gasteiger partial charge in [-0.05, 0) is 32.0 Å². The van der Waals surface area contributed by atoms with E-state index in [1.807, 2.05) is 0 Å². The fourth-order valence-corrected chi connectivity index (χ4v) is 1.76. The predicted molar refractivity (Wildman–Crippen MR) is 73.6 cm³/mol. The number of nitrogens with zero attached hydrogens (tertiary/aromatic N) is 1. The van der Waals surface area contributed by atoms with Crippen LogP contribution in [0, 0.1) is 19.3 Å². The maximum absolute atomic E-state index is 5.55. The van der Waals surface area contributed by atoms with E-state index in [1.165, 1.54) is 11.1 Å². The van der Waals surface area contributed by atoms with Crippen LogP contribution in [0.3, 0.4) is 0 Å². The van der Waals surface area contributed by atoms with Crippen molar-refractivity contribution in [3.8, 4) is 12.3 Å².